The molecule has 0 radical (unpaired) electrons. The Labute approximate surface area is 158 Å². The molecule has 134 valence electrons. The fraction of sp³-hybridized carbons (Fsp3) is 1.00. The maximum atomic E-state index is 2.65. The first kappa shape index (κ1) is 23.2. The van der Waals surface area contributed by atoms with E-state index in [4.69, 9.17) is 0 Å². The molecule has 22 heavy (non-hydrogen) atoms. The van der Waals surface area contributed by atoms with E-state index in [9.17, 15) is 0 Å². The van der Waals surface area contributed by atoms with Crippen molar-refractivity contribution in [3.05, 3.63) is 0 Å². The smallest absolute Gasteiger partial charge is 0.00723 e. The van der Waals surface area contributed by atoms with Crippen molar-refractivity contribution in [3.63, 3.8) is 0 Å². The summed E-state index contributed by atoms with van der Waals surface area (Å²) in [5, 5.41) is 0. The van der Waals surface area contributed by atoms with E-state index in [0.29, 0.717) is 0 Å². The summed E-state index contributed by atoms with van der Waals surface area (Å²) in [6.45, 7) is 8.05. The minimum absolute atomic E-state index is 0. The average molecular weight is 390 g/mol. The van der Waals surface area contributed by atoms with Crippen LogP contribution in [0.15, 0.2) is 0 Å². The van der Waals surface area contributed by atoms with E-state index in [2.05, 4.69) is 33.3 Å². The van der Waals surface area contributed by atoms with Crippen molar-refractivity contribution in [2.24, 2.45) is 0 Å². The predicted molar refractivity (Wildman–Crippen MR) is 110 cm³/mol. The second-order valence-electron chi connectivity index (χ2n) is 6.03. The van der Waals surface area contributed by atoms with Gasteiger partial charge in [0.25, 0.3) is 0 Å². The molecule has 2 aliphatic heterocycles. The monoisotopic (exact) mass is 388 g/mol. The third-order valence-electron chi connectivity index (χ3n) is 4.37. The number of piperidine rings is 2. The molecular formula is C16H34Cl2N2S2. The molecule has 0 aromatic rings. The van der Waals surface area contributed by atoms with Crippen LogP contribution in [0, 0.1) is 0 Å². The molecule has 0 bridgehead atoms. The molecule has 0 saturated carbocycles. The van der Waals surface area contributed by atoms with Crippen molar-refractivity contribution in [2.75, 3.05) is 62.3 Å². The molecule has 2 heterocycles. The van der Waals surface area contributed by atoms with Gasteiger partial charge in [-0.2, -0.15) is 23.5 Å². The molecule has 0 spiro atoms. The van der Waals surface area contributed by atoms with Crippen LogP contribution in [0.2, 0.25) is 0 Å². The largest absolute Gasteiger partial charge is 0.303 e. The van der Waals surface area contributed by atoms with E-state index >= 15 is 0 Å². The molecule has 0 amide bonds. The Morgan fingerprint density at radius 1 is 0.500 bits per heavy atom. The van der Waals surface area contributed by atoms with Gasteiger partial charge in [0, 0.05) is 36.1 Å². The van der Waals surface area contributed by atoms with E-state index in [1.165, 1.54) is 101 Å². The van der Waals surface area contributed by atoms with Gasteiger partial charge in [-0.05, 0) is 51.9 Å². The van der Waals surface area contributed by atoms with Crippen LogP contribution >= 0.6 is 48.3 Å². The Hall–Kier alpha value is 1.20. The zero-order valence-electron chi connectivity index (χ0n) is 13.8. The normalized spacial score (nSPS) is 20.2. The predicted octanol–water partition coefficient (Wildman–Crippen LogP) is 4.27. The van der Waals surface area contributed by atoms with Gasteiger partial charge < -0.3 is 9.80 Å². The van der Waals surface area contributed by atoms with E-state index in [1.54, 1.807) is 0 Å². The molecular weight excluding hydrogens is 355 g/mol. The van der Waals surface area contributed by atoms with E-state index in [-0.39, 0.29) is 24.8 Å². The summed E-state index contributed by atoms with van der Waals surface area (Å²) in [6.07, 6.45) is 8.62. The van der Waals surface area contributed by atoms with Gasteiger partial charge >= 0.3 is 0 Å². The minimum Gasteiger partial charge on any atom is -0.303 e. The molecule has 2 aliphatic rings. The Morgan fingerprint density at radius 2 is 0.864 bits per heavy atom. The number of likely N-dealkylation sites (tertiary alicyclic amines) is 2. The quantitative estimate of drug-likeness (QED) is 0.543. The van der Waals surface area contributed by atoms with Gasteiger partial charge in [-0.25, -0.2) is 0 Å². The van der Waals surface area contributed by atoms with Crippen LogP contribution in [0.4, 0.5) is 0 Å². The van der Waals surface area contributed by atoms with E-state index in [0.717, 1.165) is 0 Å². The van der Waals surface area contributed by atoms with E-state index < -0.39 is 0 Å². The molecule has 2 fully saturated rings. The highest BCUT2D eigenvalue weighted by Gasteiger charge is 2.10. The van der Waals surface area contributed by atoms with Crippen LogP contribution in [0.1, 0.15) is 38.5 Å². The van der Waals surface area contributed by atoms with Gasteiger partial charge in [0.05, 0.1) is 0 Å². The summed E-state index contributed by atoms with van der Waals surface area (Å²) < 4.78 is 0. The van der Waals surface area contributed by atoms with Gasteiger partial charge in [-0.15, -0.1) is 24.8 Å². The molecule has 2 saturated heterocycles. The second kappa shape index (κ2) is 15.7. The highest BCUT2D eigenvalue weighted by molar-refractivity contribution is 8.02. The molecule has 0 unspecified atom stereocenters. The Kier molecular flexibility index (Phi) is 16.6. The number of nitrogens with zero attached hydrogens (tertiary/aromatic N) is 2. The summed E-state index contributed by atoms with van der Waals surface area (Å²) in [5.74, 6) is 5.37. The van der Waals surface area contributed by atoms with Gasteiger partial charge in [-0.3, -0.25) is 0 Å². The van der Waals surface area contributed by atoms with Crippen LogP contribution in [0.25, 0.3) is 0 Å². The van der Waals surface area contributed by atoms with Crippen LogP contribution in [0.5, 0.6) is 0 Å². The minimum atomic E-state index is 0. The van der Waals surface area contributed by atoms with Gasteiger partial charge in [0.2, 0.25) is 0 Å². The van der Waals surface area contributed by atoms with Crippen molar-refractivity contribution in [3.8, 4) is 0 Å². The maximum Gasteiger partial charge on any atom is 0.00723 e. The fourth-order valence-corrected chi connectivity index (χ4v) is 5.20. The first-order chi connectivity index (χ1) is 9.95. The number of hydrogen-bond donors (Lipinski definition) is 0. The Balaban J connectivity index is 0.00000220. The number of thioether (sulfide) groups is 2. The lowest BCUT2D eigenvalue weighted by molar-refractivity contribution is 0.242. The topological polar surface area (TPSA) is 6.48 Å². The molecule has 2 rings (SSSR count). The lowest BCUT2D eigenvalue weighted by atomic mass is 10.1. The molecule has 0 N–H and O–H groups in total. The molecule has 6 heteroatoms. The maximum absolute atomic E-state index is 2.65. The van der Waals surface area contributed by atoms with Gasteiger partial charge in [0.15, 0.2) is 0 Å². The fourth-order valence-electron chi connectivity index (χ4n) is 3.08. The first-order valence-corrected chi connectivity index (χ1v) is 10.9. The second-order valence-corrected chi connectivity index (χ2v) is 8.48. The number of rotatable bonds is 9. The van der Waals surface area contributed by atoms with Crippen LogP contribution in [0.3, 0.4) is 0 Å². The highest BCUT2D eigenvalue weighted by Crippen LogP contribution is 2.13. The molecule has 0 aliphatic carbocycles. The average Bonchev–Trinajstić information content (AvgIpc) is 2.52. The molecule has 0 aromatic carbocycles. The SMILES string of the molecule is C1CCN(CCSCCSCCN2CCCCC2)CC1.Cl.Cl. The Morgan fingerprint density at radius 3 is 1.23 bits per heavy atom. The zero-order chi connectivity index (χ0) is 13.9. The molecule has 0 atom stereocenters. The third-order valence-corrected chi connectivity index (χ3v) is 6.56. The molecule has 0 aromatic heterocycles. The summed E-state index contributed by atoms with van der Waals surface area (Å²) >= 11 is 4.31. The summed E-state index contributed by atoms with van der Waals surface area (Å²) in [7, 11) is 0. The number of halogens is 2. The van der Waals surface area contributed by atoms with Crippen LogP contribution in [-0.2, 0) is 0 Å². The standard InChI is InChI=1S/C16H32N2S2.2ClH/c1-3-7-17(8-4-1)11-13-19-15-16-20-14-12-18-9-5-2-6-10-18;;/h1-16H2;2*1H. The lowest BCUT2D eigenvalue weighted by Gasteiger charge is -2.26. The summed E-state index contributed by atoms with van der Waals surface area (Å²) in [4.78, 5) is 5.31. The van der Waals surface area contributed by atoms with Crippen molar-refractivity contribution >= 4 is 48.3 Å². The third kappa shape index (κ3) is 10.9. The lowest BCUT2D eigenvalue weighted by Crippen LogP contribution is -2.31. The van der Waals surface area contributed by atoms with Gasteiger partial charge in [-0.1, -0.05) is 12.8 Å². The van der Waals surface area contributed by atoms with Crippen LogP contribution < -0.4 is 0 Å². The van der Waals surface area contributed by atoms with Crippen molar-refractivity contribution in [1.82, 2.24) is 9.80 Å². The zero-order valence-corrected chi connectivity index (χ0v) is 17.1. The first-order valence-electron chi connectivity index (χ1n) is 8.55. The summed E-state index contributed by atoms with van der Waals surface area (Å²) in [5.41, 5.74) is 0. The number of hydrogen-bond acceptors (Lipinski definition) is 4. The van der Waals surface area contributed by atoms with Gasteiger partial charge in [0.1, 0.15) is 0 Å². The van der Waals surface area contributed by atoms with Crippen LogP contribution in [-0.4, -0.2) is 72.1 Å². The molecule has 2 nitrogen and oxygen atoms in total. The Bertz CT molecular complexity index is 212. The van der Waals surface area contributed by atoms with Crippen molar-refractivity contribution in [2.45, 2.75) is 38.5 Å². The highest BCUT2D eigenvalue weighted by atomic mass is 35.5. The van der Waals surface area contributed by atoms with E-state index in [1.807, 2.05) is 0 Å². The summed E-state index contributed by atoms with van der Waals surface area (Å²) in [6, 6.07) is 0. The van der Waals surface area contributed by atoms with Crippen molar-refractivity contribution < 1.29 is 0 Å². The van der Waals surface area contributed by atoms with Crippen molar-refractivity contribution in [1.29, 1.82) is 0 Å².